The molecule has 5 rings (SSSR count). The van der Waals surface area contributed by atoms with E-state index in [1.54, 1.807) is 17.7 Å². The van der Waals surface area contributed by atoms with Gasteiger partial charge < -0.3 is 19.8 Å². The number of nitrogens with zero attached hydrogens (tertiary/aromatic N) is 5. The largest absolute Gasteiger partial charge is 0.348 e. The molecule has 0 atom stereocenters. The predicted octanol–water partition coefficient (Wildman–Crippen LogP) is 3.34. The molecule has 0 bridgehead atoms. The molecule has 1 saturated carbocycles. The van der Waals surface area contributed by atoms with Crippen LogP contribution >= 0.6 is 11.3 Å². The Morgan fingerprint density at radius 1 is 1.36 bits per heavy atom. The Kier molecular flexibility index (Phi) is 3.87. The quantitative estimate of drug-likeness (QED) is 0.541. The second-order valence-electron chi connectivity index (χ2n) is 7.15. The summed E-state index contributed by atoms with van der Waals surface area (Å²) in [5, 5.41) is 10.3. The minimum atomic E-state index is -0.0395. The summed E-state index contributed by atoms with van der Waals surface area (Å²) in [7, 11) is 1.96. The van der Waals surface area contributed by atoms with Gasteiger partial charge in [0.1, 0.15) is 22.7 Å². The average Bonchev–Trinajstić information content (AvgIpc) is 3.08. The number of anilines is 2. The van der Waals surface area contributed by atoms with Gasteiger partial charge in [0.15, 0.2) is 5.82 Å². The van der Waals surface area contributed by atoms with Gasteiger partial charge in [-0.2, -0.15) is 0 Å². The van der Waals surface area contributed by atoms with Crippen molar-refractivity contribution in [2.75, 3.05) is 5.32 Å². The Balaban J connectivity index is 1.71. The molecular formula is C19H21N7OS. The van der Waals surface area contributed by atoms with Crippen LogP contribution < -0.4 is 10.6 Å². The summed E-state index contributed by atoms with van der Waals surface area (Å²) in [6, 6.07) is 2.25. The maximum atomic E-state index is 12.8. The van der Waals surface area contributed by atoms with Crippen molar-refractivity contribution in [3.63, 3.8) is 0 Å². The number of carbonyl (C=O) groups is 1. The highest BCUT2D eigenvalue weighted by atomic mass is 32.1. The minimum absolute atomic E-state index is 0.0395. The molecule has 1 aliphatic rings. The van der Waals surface area contributed by atoms with Crippen molar-refractivity contribution in [3.05, 3.63) is 28.5 Å². The summed E-state index contributed by atoms with van der Waals surface area (Å²) < 4.78 is 3.94. The number of hydrogen-bond acceptors (Lipinski definition) is 6. The summed E-state index contributed by atoms with van der Waals surface area (Å²) in [6.45, 7) is 4.65. The van der Waals surface area contributed by atoms with Crippen LogP contribution in [-0.2, 0) is 13.6 Å². The molecule has 1 fully saturated rings. The monoisotopic (exact) mass is 395 g/mol. The lowest BCUT2D eigenvalue weighted by Gasteiger charge is -2.09. The maximum Gasteiger partial charge on any atom is 0.268 e. The van der Waals surface area contributed by atoms with Gasteiger partial charge >= 0.3 is 0 Å². The van der Waals surface area contributed by atoms with E-state index in [0.29, 0.717) is 24.1 Å². The SMILES string of the molecule is CCn1c(C(=O)NC2CC2)cc2c3c(ncn3C)c(Nc3csc(C)n3)nc21. The number of amides is 1. The van der Waals surface area contributed by atoms with E-state index in [1.807, 2.05) is 41.5 Å². The molecule has 0 aliphatic heterocycles. The molecular weight excluding hydrogens is 374 g/mol. The summed E-state index contributed by atoms with van der Waals surface area (Å²) in [5.74, 6) is 1.36. The molecule has 0 unspecified atom stereocenters. The third kappa shape index (κ3) is 2.73. The highest BCUT2D eigenvalue weighted by molar-refractivity contribution is 7.09. The van der Waals surface area contributed by atoms with Crippen LogP contribution in [0.15, 0.2) is 17.8 Å². The van der Waals surface area contributed by atoms with Crippen LogP contribution in [0.2, 0.25) is 0 Å². The topological polar surface area (TPSA) is 89.7 Å². The standard InChI is InChI=1S/C19H21N7OS/c1-4-26-13(19(27)22-11-5-6-11)7-12-16-15(20-9-25(16)3)17(24-18(12)26)23-14-8-28-10(2)21-14/h7-9,11H,4-6H2,1-3H3,(H,22,27)(H,23,24). The van der Waals surface area contributed by atoms with Crippen molar-refractivity contribution in [2.24, 2.45) is 7.05 Å². The van der Waals surface area contributed by atoms with Crippen molar-refractivity contribution in [3.8, 4) is 0 Å². The third-order valence-corrected chi connectivity index (χ3v) is 5.80. The molecule has 0 saturated heterocycles. The molecule has 4 aromatic rings. The fraction of sp³-hybridized carbons (Fsp3) is 0.368. The molecule has 0 spiro atoms. The molecule has 1 amide bonds. The zero-order chi connectivity index (χ0) is 19.4. The van der Waals surface area contributed by atoms with Crippen LogP contribution in [-0.4, -0.2) is 36.0 Å². The van der Waals surface area contributed by atoms with Gasteiger partial charge in [-0.25, -0.2) is 15.0 Å². The van der Waals surface area contributed by atoms with Crippen molar-refractivity contribution in [2.45, 2.75) is 39.3 Å². The fourth-order valence-corrected chi connectivity index (χ4v) is 4.08. The first-order valence-corrected chi connectivity index (χ1v) is 10.3. The van der Waals surface area contributed by atoms with Gasteiger partial charge in [0.05, 0.1) is 16.9 Å². The van der Waals surface area contributed by atoms with E-state index in [-0.39, 0.29) is 5.91 Å². The van der Waals surface area contributed by atoms with Crippen LogP contribution in [0.25, 0.3) is 22.1 Å². The maximum absolute atomic E-state index is 12.8. The number of nitrogens with one attached hydrogen (secondary N) is 2. The molecule has 8 nitrogen and oxygen atoms in total. The summed E-state index contributed by atoms with van der Waals surface area (Å²) in [5.41, 5.74) is 3.13. The van der Waals surface area contributed by atoms with Crippen LogP contribution in [0.5, 0.6) is 0 Å². The van der Waals surface area contributed by atoms with Crippen LogP contribution in [0.1, 0.15) is 35.3 Å². The number of pyridine rings is 1. The van der Waals surface area contributed by atoms with E-state index < -0.39 is 0 Å². The van der Waals surface area contributed by atoms with Crippen molar-refractivity contribution < 1.29 is 4.79 Å². The lowest BCUT2D eigenvalue weighted by atomic mass is 10.2. The first kappa shape index (κ1) is 17.2. The average molecular weight is 395 g/mol. The molecule has 0 aromatic carbocycles. The first-order valence-electron chi connectivity index (χ1n) is 9.39. The highest BCUT2D eigenvalue weighted by Crippen LogP contribution is 2.32. The normalized spacial score (nSPS) is 14.1. The third-order valence-electron chi connectivity index (χ3n) is 5.03. The van der Waals surface area contributed by atoms with Gasteiger partial charge in [0, 0.05) is 30.4 Å². The highest BCUT2D eigenvalue weighted by Gasteiger charge is 2.27. The van der Waals surface area contributed by atoms with Gasteiger partial charge in [0.2, 0.25) is 0 Å². The molecule has 28 heavy (non-hydrogen) atoms. The minimum Gasteiger partial charge on any atom is -0.348 e. The Morgan fingerprint density at radius 2 is 2.18 bits per heavy atom. The molecule has 144 valence electrons. The number of hydrogen-bond donors (Lipinski definition) is 2. The number of carbonyl (C=O) groups excluding carboxylic acids is 1. The van der Waals surface area contributed by atoms with E-state index in [2.05, 4.69) is 20.6 Å². The van der Waals surface area contributed by atoms with Crippen LogP contribution in [0.3, 0.4) is 0 Å². The van der Waals surface area contributed by atoms with Crippen molar-refractivity contribution in [1.29, 1.82) is 0 Å². The predicted molar refractivity (Wildman–Crippen MR) is 110 cm³/mol. The fourth-order valence-electron chi connectivity index (χ4n) is 3.54. The van der Waals surface area contributed by atoms with E-state index >= 15 is 0 Å². The van der Waals surface area contributed by atoms with Gasteiger partial charge in [-0.3, -0.25) is 4.79 Å². The van der Waals surface area contributed by atoms with E-state index in [1.165, 1.54) is 0 Å². The van der Waals surface area contributed by atoms with E-state index in [0.717, 1.165) is 45.7 Å². The number of aryl methyl sites for hydroxylation is 3. The molecule has 2 N–H and O–H groups in total. The van der Waals surface area contributed by atoms with E-state index in [9.17, 15) is 4.79 Å². The summed E-state index contributed by atoms with van der Waals surface area (Å²) in [6.07, 6.45) is 3.89. The molecule has 4 heterocycles. The Morgan fingerprint density at radius 3 is 2.86 bits per heavy atom. The molecule has 9 heteroatoms. The van der Waals surface area contributed by atoms with Gasteiger partial charge in [-0.05, 0) is 32.8 Å². The van der Waals surface area contributed by atoms with E-state index in [4.69, 9.17) is 4.98 Å². The van der Waals surface area contributed by atoms with Crippen molar-refractivity contribution in [1.82, 2.24) is 29.4 Å². The molecule has 1 aliphatic carbocycles. The number of thiazole rings is 1. The number of aromatic nitrogens is 5. The van der Waals surface area contributed by atoms with Gasteiger partial charge in [-0.1, -0.05) is 0 Å². The Hall–Kier alpha value is -2.94. The number of imidazole rings is 1. The smallest absolute Gasteiger partial charge is 0.268 e. The Bertz CT molecular complexity index is 1210. The van der Waals surface area contributed by atoms with Gasteiger partial charge in [-0.15, -0.1) is 11.3 Å². The summed E-state index contributed by atoms with van der Waals surface area (Å²) in [4.78, 5) is 26.6. The zero-order valence-corrected chi connectivity index (χ0v) is 16.8. The second kappa shape index (κ2) is 6.30. The molecule has 4 aromatic heterocycles. The van der Waals surface area contributed by atoms with Crippen LogP contribution in [0.4, 0.5) is 11.6 Å². The molecule has 0 radical (unpaired) electrons. The summed E-state index contributed by atoms with van der Waals surface area (Å²) >= 11 is 1.58. The van der Waals surface area contributed by atoms with Crippen molar-refractivity contribution >= 4 is 50.9 Å². The Labute approximate surface area is 165 Å². The second-order valence-corrected chi connectivity index (χ2v) is 8.21. The van der Waals surface area contributed by atoms with Gasteiger partial charge in [0.25, 0.3) is 5.91 Å². The first-order chi connectivity index (χ1) is 13.5. The van der Waals surface area contributed by atoms with Crippen LogP contribution in [0, 0.1) is 6.92 Å². The number of rotatable bonds is 5. The lowest BCUT2D eigenvalue weighted by molar-refractivity contribution is 0.0942. The lowest BCUT2D eigenvalue weighted by Crippen LogP contribution is -2.27. The zero-order valence-electron chi connectivity index (χ0n) is 16.0. The number of fused-ring (bicyclic) bond motifs is 3.